The molecular weight excluding hydrogens is 492 g/mol. The van der Waals surface area contributed by atoms with Gasteiger partial charge in [-0.15, -0.1) is 10.2 Å². The van der Waals surface area contributed by atoms with Crippen molar-refractivity contribution >= 4 is 32.4 Å². The molecule has 7 nitrogen and oxygen atoms in total. The Labute approximate surface area is 215 Å². The molecule has 0 radical (unpaired) electrons. The number of anilines is 1. The fraction of sp³-hybridized carbons (Fsp3) is 0.222. The van der Waals surface area contributed by atoms with Crippen molar-refractivity contribution in [2.24, 2.45) is 0 Å². The lowest BCUT2D eigenvalue weighted by Gasteiger charge is -2.24. The van der Waals surface area contributed by atoms with E-state index in [1.807, 2.05) is 37.3 Å². The van der Waals surface area contributed by atoms with E-state index in [1.54, 1.807) is 30.3 Å². The predicted octanol–water partition coefficient (Wildman–Crippen LogP) is 4.87. The number of carbonyl (C=O) groups is 1. The van der Waals surface area contributed by atoms with Gasteiger partial charge in [0.15, 0.2) is 0 Å². The predicted molar refractivity (Wildman–Crippen MR) is 143 cm³/mol. The first kappa shape index (κ1) is 25.7. The highest BCUT2D eigenvalue weighted by atomic mass is 32.2. The van der Waals surface area contributed by atoms with E-state index in [4.69, 9.17) is 0 Å². The number of sulfonamides is 1. The molecule has 36 heavy (non-hydrogen) atoms. The third-order valence-corrected chi connectivity index (χ3v) is 8.50. The quantitative estimate of drug-likeness (QED) is 0.322. The Hall–Kier alpha value is -3.40. The molecule has 0 bridgehead atoms. The second-order valence-electron chi connectivity index (χ2n) is 8.62. The van der Waals surface area contributed by atoms with Crippen LogP contribution in [-0.4, -0.2) is 42.4 Å². The monoisotopic (exact) mass is 520 g/mol. The zero-order valence-corrected chi connectivity index (χ0v) is 21.8. The van der Waals surface area contributed by atoms with E-state index in [1.165, 1.54) is 28.3 Å². The molecule has 9 heteroatoms. The summed E-state index contributed by atoms with van der Waals surface area (Å²) in [4.78, 5) is 13.2. The molecule has 0 saturated carbocycles. The number of nitrogens with one attached hydrogen (secondary N) is 1. The van der Waals surface area contributed by atoms with E-state index in [9.17, 15) is 13.2 Å². The van der Waals surface area contributed by atoms with Crippen molar-refractivity contribution in [2.45, 2.75) is 30.6 Å². The standard InChI is InChI=1S/C27H28N4O3S2/c1-20-13-15-21(16-14-20)17-26-29-30-27(35-26)28-25(32)18-23(22-9-5-3-6-10-22)19-31(2)36(33,34)24-11-7-4-8-12-24/h3-16,23H,17-19H2,1-2H3,(H,28,30,32)/t23-/m0/s1. The second-order valence-corrected chi connectivity index (χ2v) is 11.7. The minimum absolute atomic E-state index is 0.103. The Balaban J connectivity index is 1.44. The smallest absolute Gasteiger partial charge is 0.242 e. The van der Waals surface area contributed by atoms with E-state index in [-0.39, 0.29) is 29.7 Å². The summed E-state index contributed by atoms with van der Waals surface area (Å²) >= 11 is 1.34. The van der Waals surface area contributed by atoms with Crippen LogP contribution in [0.25, 0.3) is 0 Å². The number of rotatable bonds is 10. The lowest BCUT2D eigenvalue weighted by Crippen LogP contribution is -2.32. The lowest BCUT2D eigenvalue weighted by atomic mass is 9.95. The maximum Gasteiger partial charge on any atom is 0.242 e. The zero-order chi connectivity index (χ0) is 25.5. The van der Waals surface area contributed by atoms with Crippen LogP contribution in [0.2, 0.25) is 0 Å². The van der Waals surface area contributed by atoms with Crippen LogP contribution in [0.3, 0.4) is 0 Å². The van der Waals surface area contributed by atoms with E-state index in [2.05, 4.69) is 39.8 Å². The van der Waals surface area contributed by atoms with E-state index in [0.29, 0.717) is 11.6 Å². The molecule has 0 fully saturated rings. The molecule has 4 aromatic rings. The maximum absolute atomic E-state index is 13.1. The number of carbonyl (C=O) groups excluding carboxylic acids is 1. The number of hydrogen-bond acceptors (Lipinski definition) is 6. The molecule has 0 aliphatic carbocycles. The summed E-state index contributed by atoms with van der Waals surface area (Å²) in [5.41, 5.74) is 3.21. The van der Waals surface area contributed by atoms with Crippen molar-refractivity contribution in [1.82, 2.24) is 14.5 Å². The van der Waals surface area contributed by atoms with Gasteiger partial charge >= 0.3 is 0 Å². The molecule has 0 aliphatic rings. The largest absolute Gasteiger partial charge is 0.301 e. The number of hydrogen-bond donors (Lipinski definition) is 1. The molecule has 0 saturated heterocycles. The third-order valence-electron chi connectivity index (χ3n) is 5.82. The van der Waals surface area contributed by atoms with E-state index in [0.717, 1.165) is 16.1 Å². The lowest BCUT2D eigenvalue weighted by molar-refractivity contribution is -0.116. The topological polar surface area (TPSA) is 92.3 Å². The summed E-state index contributed by atoms with van der Waals surface area (Å²) in [7, 11) is -2.14. The molecule has 1 atom stereocenters. The SMILES string of the molecule is Cc1ccc(Cc2nnc(NC(=O)C[C@@H](CN(C)S(=O)(=O)c3ccccc3)c3ccccc3)s2)cc1. The highest BCUT2D eigenvalue weighted by Crippen LogP contribution is 2.25. The molecule has 0 aliphatic heterocycles. The Morgan fingerprint density at radius 3 is 2.25 bits per heavy atom. The summed E-state index contributed by atoms with van der Waals surface area (Å²) in [6.45, 7) is 2.20. The van der Waals surface area contributed by atoms with Crippen LogP contribution in [0.15, 0.2) is 89.8 Å². The maximum atomic E-state index is 13.1. The number of likely N-dealkylation sites (N-methyl/N-ethyl adjacent to an activating group) is 1. The summed E-state index contributed by atoms with van der Waals surface area (Å²) in [5, 5.41) is 12.4. The van der Waals surface area contributed by atoms with Crippen LogP contribution >= 0.6 is 11.3 Å². The van der Waals surface area contributed by atoms with Crippen molar-refractivity contribution in [1.29, 1.82) is 0 Å². The van der Waals surface area contributed by atoms with Crippen molar-refractivity contribution in [3.05, 3.63) is 107 Å². The van der Waals surface area contributed by atoms with Gasteiger partial charge in [0.05, 0.1) is 4.90 Å². The fourth-order valence-electron chi connectivity index (χ4n) is 3.84. The van der Waals surface area contributed by atoms with Crippen molar-refractivity contribution in [3.8, 4) is 0 Å². The minimum atomic E-state index is -3.68. The van der Waals surface area contributed by atoms with Crippen molar-refractivity contribution in [3.63, 3.8) is 0 Å². The second kappa shape index (κ2) is 11.6. The van der Waals surface area contributed by atoms with E-state index >= 15 is 0 Å². The van der Waals surface area contributed by atoms with Gasteiger partial charge < -0.3 is 5.32 Å². The first-order chi connectivity index (χ1) is 17.3. The van der Waals surface area contributed by atoms with Crippen LogP contribution in [0.5, 0.6) is 0 Å². The Morgan fingerprint density at radius 2 is 1.58 bits per heavy atom. The molecule has 1 N–H and O–H groups in total. The number of aryl methyl sites for hydroxylation is 1. The Kier molecular flexibility index (Phi) is 8.25. The summed E-state index contributed by atoms with van der Waals surface area (Å²) in [5.74, 6) is -0.581. The van der Waals surface area contributed by atoms with Gasteiger partial charge in [0, 0.05) is 32.4 Å². The average molecular weight is 521 g/mol. The number of amides is 1. The van der Waals surface area contributed by atoms with Gasteiger partial charge in [-0.3, -0.25) is 4.79 Å². The zero-order valence-electron chi connectivity index (χ0n) is 20.2. The van der Waals surface area contributed by atoms with E-state index < -0.39 is 10.0 Å². The van der Waals surface area contributed by atoms with Crippen LogP contribution in [-0.2, 0) is 21.2 Å². The van der Waals surface area contributed by atoms with Crippen LogP contribution in [0, 0.1) is 6.92 Å². The van der Waals surface area contributed by atoms with Gasteiger partial charge in [-0.1, -0.05) is 89.7 Å². The van der Waals surface area contributed by atoms with Gasteiger partial charge in [-0.25, -0.2) is 12.7 Å². The highest BCUT2D eigenvalue weighted by molar-refractivity contribution is 7.89. The molecular formula is C27H28N4O3S2. The van der Waals surface area contributed by atoms with Gasteiger partial charge in [0.2, 0.25) is 21.1 Å². The molecule has 3 aromatic carbocycles. The minimum Gasteiger partial charge on any atom is -0.301 e. The summed E-state index contributed by atoms with van der Waals surface area (Å²) in [6.07, 6.45) is 0.744. The molecule has 0 spiro atoms. The highest BCUT2D eigenvalue weighted by Gasteiger charge is 2.26. The summed E-state index contributed by atoms with van der Waals surface area (Å²) < 4.78 is 27.4. The van der Waals surface area contributed by atoms with Crippen LogP contribution in [0.1, 0.15) is 34.0 Å². The molecule has 186 valence electrons. The third kappa shape index (κ3) is 6.63. The molecule has 4 rings (SSSR count). The summed E-state index contributed by atoms with van der Waals surface area (Å²) in [6, 6.07) is 26.0. The molecule has 0 unspecified atom stereocenters. The number of benzene rings is 3. The Morgan fingerprint density at radius 1 is 0.944 bits per heavy atom. The molecule has 1 amide bonds. The Bertz CT molecular complexity index is 1390. The van der Waals surface area contributed by atoms with Crippen LogP contribution < -0.4 is 5.32 Å². The van der Waals surface area contributed by atoms with Gasteiger partial charge in [-0.2, -0.15) is 0 Å². The van der Waals surface area contributed by atoms with Crippen molar-refractivity contribution < 1.29 is 13.2 Å². The molecule has 1 heterocycles. The number of nitrogens with zero attached hydrogens (tertiary/aromatic N) is 3. The first-order valence-electron chi connectivity index (χ1n) is 11.6. The fourth-order valence-corrected chi connectivity index (χ4v) is 5.87. The van der Waals surface area contributed by atoms with Gasteiger partial charge in [0.1, 0.15) is 5.01 Å². The van der Waals surface area contributed by atoms with Gasteiger partial charge in [0.25, 0.3) is 0 Å². The molecule has 1 aromatic heterocycles. The van der Waals surface area contributed by atoms with Crippen LogP contribution in [0.4, 0.5) is 5.13 Å². The van der Waals surface area contributed by atoms with Gasteiger partial charge in [-0.05, 0) is 30.2 Å². The van der Waals surface area contributed by atoms with Crippen molar-refractivity contribution in [2.75, 3.05) is 18.9 Å². The normalized spacial score (nSPS) is 12.4. The average Bonchev–Trinajstić information content (AvgIpc) is 3.32. The number of aromatic nitrogens is 2. The first-order valence-corrected chi connectivity index (χ1v) is 13.8.